The van der Waals surface area contributed by atoms with Gasteiger partial charge in [-0.15, -0.1) is 11.3 Å². The van der Waals surface area contributed by atoms with Crippen LogP contribution in [0.25, 0.3) is 10.8 Å². The van der Waals surface area contributed by atoms with E-state index in [0.717, 1.165) is 10.7 Å². The smallest absolute Gasteiger partial charge is 0.194 e. The summed E-state index contributed by atoms with van der Waals surface area (Å²) in [5, 5.41) is 2.94. The van der Waals surface area contributed by atoms with Crippen molar-refractivity contribution < 1.29 is 9.21 Å². The molecule has 0 saturated carbocycles. The number of nitrogens with zero attached hydrogens (tertiary/aromatic N) is 1. The van der Waals surface area contributed by atoms with Gasteiger partial charge in [0, 0.05) is 11.8 Å². The Hall–Kier alpha value is -1.13. The van der Waals surface area contributed by atoms with E-state index in [1.165, 1.54) is 11.3 Å². The Balaban J connectivity index is 2.23. The van der Waals surface area contributed by atoms with E-state index in [0.29, 0.717) is 17.4 Å². The summed E-state index contributed by atoms with van der Waals surface area (Å²) in [5.41, 5.74) is 0.773. The zero-order valence-corrected chi connectivity index (χ0v) is 9.56. The van der Waals surface area contributed by atoms with Crippen molar-refractivity contribution in [1.82, 2.24) is 4.98 Å². The van der Waals surface area contributed by atoms with Gasteiger partial charge < -0.3 is 4.42 Å². The number of ketones is 1. The molecule has 0 N–H and O–H groups in total. The average Bonchev–Trinajstić information content (AvgIpc) is 2.72. The minimum Gasteiger partial charge on any atom is -0.442 e. The predicted molar refractivity (Wildman–Crippen MR) is 59.2 cm³/mol. The third kappa shape index (κ3) is 2.46. The maximum Gasteiger partial charge on any atom is 0.194 e. The van der Waals surface area contributed by atoms with Gasteiger partial charge in [0.2, 0.25) is 0 Å². The van der Waals surface area contributed by atoms with Gasteiger partial charge in [-0.1, -0.05) is 0 Å². The predicted octanol–water partition coefficient (Wildman–Crippen LogP) is 3.19. The lowest BCUT2D eigenvalue weighted by Crippen LogP contribution is -1.95. The number of Topliss-reactive ketones (excluding diaryl/α,β-unsaturated/α-hetero) is 1. The molecular formula is C10H8ClNO2S. The van der Waals surface area contributed by atoms with E-state index in [1.54, 1.807) is 19.1 Å². The number of carbonyl (C=O) groups excluding carboxylic acids is 1. The number of furan rings is 1. The van der Waals surface area contributed by atoms with Crippen LogP contribution in [0.3, 0.4) is 0 Å². The third-order valence-electron chi connectivity index (χ3n) is 1.77. The minimum atomic E-state index is 0.101. The lowest BCUT2D eigenvalue weighted by atomic mass is 10.2. The highest BCUT2D eigenvalue weighted by Gasteiger charge is 2.09. The largest absolute Gasteiger partial charge is 0.442 e. The van der Waals surface area contributed by atoms with Crippen molar-refractivity contribution in [3.05, 3.63) is 28.4 Å². The number of aromatic nitrogens is 1. The Morgan fingerprint density at radius 3 is 3.00 bits per heavy atom. The van der Waals surface area contributed by atoms with Crippen LogP contribution >= 0.6 is 22.9 Å². The summed E-state index contributed by atoms with van der Waals surface area (Å²) >= 11 is 7.10. The fraction of sp³-hybridized carbons (Fsp3) is 0.200. The fourth-order valence-corrected chi connectivity index (χ4v) is 2.11. The van der Waals surface area contributed by atoms with E-state index in [9.17, 15) is 4.79 Å². The molecule has 0 radical (unpaired) electrons. The van der Waals surface area contributed by atoms with Gasteiger partial charge in [0.25, 0.3) is 0 Å². The van der Waals surface area contributed by atoms with E-state index < -0.39 is 0 Å². The molecule has 5 heteroatoms. The van der Waals surface area contributed by atoms with Gasteiger partial charge >= 0.3 is 0 Å². The van der Waals surface area contributed by atoms with Gasteiger partial charge in [0.05, 0.1) is 5.69 Å². The van der Waals surface area contributed by atoms with Crippen LogP contribution in [-0.4, -0.2) is 10.8 Å². The van der Waals surface area contributed by atoms with Gasteiger partial charge in [-0.25, -0.2) is 4.98 Å². The highest BCUT2D eigenvalue weighted by molar-refractivity contribution is 7.13. The van der Waals surface area contributed by atoms with Crippen molar-refractivity contribution in [2.75, 3.05) is 0 Å². The van der Waals surface area contributed by atoms with E-state index in [-0.39, 0.29) is 5.78 Å². The van der Waals surface area contributed by atoms with Crippen molar-refractivity contribution in [2.24, 2.45) is 0 Å². The maximum absolute atomic E-state index is 10.9. The van der Waals surface area contributed by atoms with Crippen LogP contribution in [0, 0.1) is 0 Å². The summed E-state index contributed by atoms with van der Waals surface area (Å²) in [5.74, 6) is 0.740. The van der Waals surface area contributed by atoms with Crippen LogP contribution in [0.5, 0.6) is 0 Å². The summed E-state index contributed by atoms with van der Waals surface area (Å²) in [7, 11) is 0. The van der Waals surface area contributed by atoms with Crippen LogP contribution in [0.15, 0.2) is 21.9 Å². The van der Waals surface area contributed by atoms with Crippen LogP contribution in [-0.2, 0) is 11.2 Å². The first kappa shape index (κ1) is 10.4. The molecule has 3 nitrogen and oxygen atoms in total. The van der Waals surface area contributed by atoms with E-state index in [2.05, 4.69) is 4.98 Å². The molecule has 2 aromatic heterocycles. The molecule has 0 aliphatic carbocycles. The highest BCUT2D eigenvalue weighted by atomic mass is 35.5. The quantitative estimate of drug-likeness (QED) is 0.829. The minimum absolute atomic E-state index is 0.101. The zero-order valence-electron chi connectivity index (χ0n) is 7.99. The van der Waals surface area contributed by atoms with E-state index in [1.807, 2.05) is 5.38 Å². The zero-order chi connectivity index (χ0) is 10.8. The SMILES string of the molecule is CC(=O)Cc1csc(-c2ccc(Cl)o2)n1. The van der Waals surface area contributed by atoms with Crippen molar-refractivity contribution >= 4 is 28.7 Å². The Labute approximate surface area is 95.7 Å². The number of hydrogen-bond donors (Lipinski definition) is 0. The lowest BCUT2D eigenvalue weighted by molar-refractivity contribution is -0.116. The molecule has 0 amide bonds. The molecule has 0 bridgehead atoms. The van der Waals surface area contributed by atoms with Crippen LogP contribution in [0.4, 0.5) is 0 Å². The molecular weight excluding hydrogens is 234 g/mol. The van der Waals surface area contributed by atoms with Crippen LogP contribution < -0.4 is 0 Å². The van der Waals surface area contributed by atoms with Crippen molar-refractivity contribution in [3.63, 3.8) is 0 Å². The van der Waals surface area contributed by atoms with Gasteiger partial charge in [-0.2, -0.15) is 0 Å². The Morgan fingerprint density at radius 2 is 2.40 bits per heavy atom. The number of halogens is 1. The van der Waals surface area contributed by atoms with Crippen LogP contribution in [0.2, 0.25) is 5.22 Å². The lowest BCUT2D eigenvalue weighted by Gasteiger charge is -1.89. The molecule has 0 atom stereocenters. The molecule has 0 aliphatic heterocycles. The molecule has 0 spiro atoms. The summed E-state index contributed by atoms with van der Waals surface area (Å²) in [6.45, 7) is 1.54. The Bertz CT molecular complexity index is 489. The molecule has 0 aliphatic rings. The first-order chi connectivity index (χ1) is 7.15. The first-order valence-electron chi connectivity index (χ1n) is 4.34. The normalized spacial score (nSPS) is 10.5. The molecule has 0 aromatic carbocycles. The standard InChI is InChI=1S/C10H8ClNO2S/c1-6(13)4-7-5-15-10(12-7)8-2-3-9(11)14-8/h2-3,5H,4H2,1H3. The van der Waals surface area contributed by atoms with Crippen molar-refractivity contribution in [2.45, 2.75) is 13.3 Å². The van der Waals surface area contributed by atoms with Gasteiger partial charge in [0.1, 0.15) is 5.78 Å². The molecule has 0 saturated heterocycles. The second-order valence-electron chi connectivity index (χ2n) is 3.13. The average molecular weight is 242 g/mol. The van der Waals surface area contributed by atoms with Gasteiger partial charge in [0.15, 0.2) is 16.0 Å². The summed E-state index contributed by atoms with van der Waals surface area (Å²) in [6.07, 6.45) is 0.366. The molecule has 0 fully saturated rings. The Kier molecular flexibility index (Phi) is 2.88. The number of hydrogen-bond acceptors (Lipinski definition) is 4. The Morgan fingerprint density at radius 1 is 1.60 bits per heavy atom. The second-order valence-corrected chi connectivity index (χ2v) is 4.36. The number of rotatable bonds is 3. The van der Waals surface area contributed by atoms with Crippen LogP contribution in [0.1, 0.15) is 12.6 Å². The molecule has 78 valence electrons. The van der Waals surface area contributed by atoms with Gasteiger partial charge in [-0.05, 0) is 30.7 Å². The molecule has 2 heterocycles. The maximum atomic E-state index is 10.9. The highest BCUT2D eigenvalue weighted by Crippen LogP contribution is 2.27. The number of carbonyl (C=O) groups is 1. The monoisotopic (exact) mass is 241 g/mol. The third-order valence-corrected chi connectivity index (χ3v) is 2.87. The molecule has 0 unspecified atom stereocenters. The van der Waals surface area contributed by atoms with Gasteiger partial charge in [-0.3, -0.25) is 4.79 Å². The van der Waals surface area contributed by atoms with Crippen molar-refractivity contribution in [3.8, 4) is 10.8 Å². The first-order valence-corrected chi connectivity index (χ1v) is 5.60. The van der Waals surface area contributed by atoms with Crippen molar-refractivity contribution in [1.29, 1.82) is 0 Å². The summed E-state index contributed by atoms with van der Waals surface area (Å²) < 4.78 is 5.22. The van der Waals surface area contributed by atoms with E-state index in [4.69, 9.17) is 16.0 Å². The van der Waals surface area contributed by atoms with E-state index >= 15 is 0 Å². The summed E-state index contributed by atoms with van der Waals surface area (Å²) in [6, 6.07) is 3.43. The molecule has 2 rings (SSSR count). The fourth-order valence-electron chi connectivity index (χ4n) is 1.19. The summed E-state index contributed by atoms with van der Waals surface area (Å²) in [4.78, 5) is 15.2. The second kappa shape index (κ2) is 4.16. The molecule has 2 aromatic rings. The topological polar surface area (TPSA) is 43.1 Å². The molecule has 15 heavy (non-hydrogen) atoms. The number of thiazole rings is 1.